The van der Waals surface area contributed by atoms with E-state index in [2.05, 4.69) is 15.3 Å². The van der Waals surface area contributed by atoms with Gasteiger partial charge in [-0.3, -0.25) is 9.59 Å². The Bertz CT molecular complexity index is 770. The Balaban J connectivity index is 1.88. The van der Waals surface area contributed by atoms with Gasteiger partial charge in [-0.2, -0.15) is 0 Å². The first-order valence-corrected chi connectivity index (χ1v) is 8.75. The van der Waals surface area contributed by atoms with Crippen molar-refractivity contribution in [2.24, 2.45) is 5.92 Å². The Hall–Kier alpha value is -2.55. The van der Waals surface area contributed by atoms with Crippen LogP contribution in [0.5, 0.6) is 0 Å². The Morgan fingerprint density at radius 1 is 1.42 bits per heavy atom. The van der Waals surface area contributed by atoms with Crippen molar-refractivity contribution in [1.82, 2.24) is 24.9 Å². The molecule has 1 N–H and O–H groups in total. The number of oxazole rings is 1. The number of carbonyl (C=O) groups excluding carboxylic acids is 2. The van der Waals surface area contributed by atoms with Gasteiger partial charge in [-0.15, -0.1) is 5.10 Å². The van der Waals surface area contributed by atoms with E-state index >= 15 is 0 Å². The molecule has 1 aliphatic rings. The second-order valence-corrected chi connectivity index (χ2v) is 6.83. The minimum atomic E-state index is -0.689. The number of aliphatic hydroxyl groups excluding tert-OH is 1. The fourth-order valence-corrected chi connectivity index (χ4v) is 3.33. The van der Waals surface area contributed by atoms with Crippen molar-refractivity contribution < 1.29 is 19.1 Å². The molecule has 1 saturated heterocycles. The summed E-state index contributed by atoms with van der Waals surface area (Å²) in [6, 6.07) is -1.22. The number of rotatable bonds is 6. The molecule has 9 nitrogen and oxygen atoms in total. The van der Waals surface area contributed by atoms with Crippen molar-refractivity contribution in [1.29, 1.82) is 0 Å². The van der Waals surface area contributed by atoms with Crippen LogP contribution in [-0.2, 0) is 9.59 Å². The molecular formula is C17H23N5O4. The molecule has 1 aliphatic heterocycles. The first kappa shape index (κ1) is 18.2. The Labute approximate surface area is 151 Å². The zero-order valence-corrected chi connectivity index (χ0v) is 15.1. The molecule has 1 amide bonds. The van der Waals surface area contributed by atoms with Crippen molar-refractivity contribution in [2.45, 2.75) is 51.8 Å². The van der Waals surface area contributed by atoms with Gasteiger partial charge in [-0.25, -0.2) is 9.67 Å². The lowest BCUT2D eigenvalue weighted by Crippen LogP contribution is -2.45. The molecule has 3 atom stereocenters. The predicted octanol–water partition coefficient (Wildman–Crippen LogP) is 1.07. The number of ketones is 1. The first-order valence-electron chi connectivity index (χ1n) is 8.75. The quantitative estimate of drug-likeness (QED) is 0.818. The standard InChI is InChI=1S/C17H23N5O4/c1-4-14(24)13-7-11(23)8-21(13)17(25)15(10(2)3)22-9-12(19-20-22)16-18-5-6-26-16/h5-6,9-11,13,15,23H,4,7-8H2,1-3H3. The topological polar surface area (TPSA) is 114 Å². The summed E-state index contributed by atoms with van der Waals surface area (Å²) in [4.78, 5) is 30.9. The summed E-state index contributed by atoms with van der Waals surface area (Å²) in [5, 5.41) is 18.1. The summed E-state index contributed by atoms with van der Waals surface area (Å²) >= 11 is 0. The number of likely N-dealkylation sites (tertiary alicyclic amines) is 1. The molecule has 0 aliphatic carbocycles. The van der Waals surface area contributed by atoms with Crippen LogP contribution in [0.4, 0.5) is 0 Å². The van der Waals surface area contributed by atoms with Gasteiger partial charge < -0.3 is 14.4 Å². The monoisotopic (exact) mass is 361 g/mol. The van der Waals surface area contributed by atoms with Crippen LogP contribution < -0.4 is 0 Å². The summed E-state index contributed by atoms with van der Waals surface area (Å²) in [7, 11) is 0. The molecule has 0 bridgehead atoms. The number of nitrogens with zero attached hydrogens (tertiary/aromatic N) is 5. The van der Waals surface area contributed by atoms with Crippen molar-refractivity contribution in [2.75, 3.05) is 6.54 Å². The average molecular weight is 361 g/mol. The van der Waals surface area contributed by atoms with E-state index in [0.717, 1.165) is 0 Å². The summed E-state index contributed by atoms with van der Waals surface area (Å²) in [5.74, 6) is -0.0535. The molecular weight excluding hydrogens is 338 g/mol. The zero-order chi connectivity index (χ0) is 18.8. The second-order valence-electron chi connectivity index (χ2n) is 6.83. The Morgan fingerprint density at radius 2 is 2.19 bits per heavy atom. The minimum absolute atomic E-state index is 0.0449. The van der Waals surface area contributed by atoms with Gasteiger partial charge in [-0.05, 0) is 5.92 Å². The highest BCUT2D eigenvalue weighted by Gasteiger charge is 2.41. The van der Waals surface area contributed by atoms with Gasteiger partial charge in [0.15, 0.2) is 11.5 Å². The summed E-state index contributed by atoms with van der Waals surface area (Å²) < 4.78 is 6.69. The summed E-state index contributed by atoms with van der Waals surface area (Å²) in [6.07, 6.45) is 4.47. The highest BCUT2D eigenvalue weighted by Crippen LogP contribution is 2.28. The van der Waals surface area contributed by atoms with E-state index in [0.29, 0.717) is 18.0 Å². The number of hydrogen-bond acceptors (Lipinski definition) is 7. The third-order valence-electron chi connectivity index (χ3n) is 4.61. The number of aliphatic hydroxyl groups is 1. The normalized spacial score (nSPS) is 21.3. The van der Waals surface area contributed by atoms with E-state index < -0.39 is 18.2 Å². The van der Waals surface area contributed by atoms with Crippen molar-refractivity contribution in [3.05, 3.63) is 18.7 Å². The van der Waals surface area contributed by atoms with Crippen LogP contribution in [0.1, 0.15) is 39.7 Å². The lowest BCUT2D eigenvalue weighted by Gasteiger charge is -2.29. The second kappa shape index (κ2) is 7.36. The number of β-amino-alcohol motifs (C(OH)–C–C–N with tert-alkyl or cyclic N) is 1. The fourth-order valence-electron chi connectivity index (χ4n) is 3.33. The van der Waals surface area contributed by atoms with E-state index in [9.17, 15) is 14.7 Å². The molecule has 3 rings (SSSR count). The highest BCUT2D eigenvalue weighted by atomic mass is 16.3. The molecule has 0 radical (unpaired) electrons. The Morgan fingerprint density at radius 3 is 2.81 bits per heavy atom. The van der Waals surface area contributed by atoms with E-state index in [1.165, 1.54) is 22.0 Å². The Kier molecular flexibility index (Phi) is 5.17. The van der Waals surface area contributed by atoms with Gasteiger partial charge in [0.25, 0.3) is 0 Å². The van der Waals surface area contributed by atoms with Gasteiger partial charge in [-0.1, -0.05) is 26.0 Å². The zero-order valence-electron chi connectivity index (χ0n) is 15.1. The van der Waals surface area contributed by atoms with Crippen LogP contribution in [0.3, 0.4) is 0 Å². The molecule has 3 unspecified atom stereocenters. The smallest absolute Gasteiger partial charge is 0.248 e. The van der Waals surface area contributed by atoms with Crippen molar-refractivity contribution in [3.8, 4) is 11.6 Å². The minimum Gasteiger partial charge on any atom is -0.443 e. The van der Waals surface area contributed by atoms with Crippen LogP contribution >= 0.6 is 0 Å². The molecule has 2 aromatic heterocycles. The molecule has 0 spiro atoms. The van der Waals surface area contributed by atoms with Gasteiger partial charge in [0.1, 0.15) is 12.3 Å². The van der Waals surface area contributed by atoms with Gasteiger partial charge in [0, 0.05) is 19.4 Å². The molecule has 1 fully saturated rings. The maximum atomic E-state index is 13.2. The lowest BCUT2D eigenvalue weighted by molar-refractivity contribution is -0.141. The third kappa shape index (κ3) is 3.39. The van der Waals surface area contributed by atoms with Crippen molar-refractivity contribution in [3.63, 3.8) is 0 Å². The number of carbonyl (C=O) groups is 2. The maximum Gasteiger partial charge on any atom is 0.248 e. The predicted molar refractivity (Wildman–Crippen MR) is 90.8 cm³/mol. The third-order valence-corrected chi connectivity index (χ3v) is 4.61. The number of hydrogen-bond donors (Lipinski definition) is 1. The van der Waals surface area contributed by atoms with E-state index in [-0.39, 0.29) is 30.6 Å². The highest BCUT2D eigenvalue weighted by molar-refractivity contribution is 5.91. The first-order chi connectivity index (χ1) is 12.4. The average Bonchev–Trinajstić information content (AvgIpc) is 3.33. The van der Waals surface area contributed by atoms with E-state index in [1.807, 2.05) is 13.8 Å². The molecule has 9 heteroatoms. The van der Waals surface area contributed by atoms with E-state index in [4.69, 9.17) is 4.42 Å². The summed E-state index contributed by atoms with van der Waals surface area (Å²) in [5.41, 5.74) is 0.427. The van der Waals surface area contributed by atoms with Crippen LogP contribution in [0.25, 0.3) is 11.6 Å². The fraction of sp³-hybridized carbons (Fsp3) is 0.588. The van der Waals surface area contributed by atoms with Crippen molar-refractivity contribution >= 4 is 11.7 Å². The molecule has 140 valence electrons. The number of amides is 1. The number of aromatic nitrogens is 4. The largest absolute Gasteiger partial charge is 0.443 e. The lowest BCUT2D eigenvalue weighted by atomic mass is 10.0. The van der Waals surface area contributed by atoms with E-state index in [1.54, 1.807) is 13.1 Å². The van der Waals surface area contributed by atoms with Gasteiger partial charge in [0.2, 0.25) is 11.8 Å². The van der Waals surface area contributed by atoms with Gasteiger partial charge in [0.05, 0.1) is 24.5 Å². The summed E-state index contributed by atoms with van der Waals surface area (Å²) in [6.45, 7) is 5.71. The SMILES string of the molecule is CCC(=O)C1CC(O)CN1C(=O)C(C(C)C)n1cc(-c2ncco2)nn1. The van der Waals surface area contributed by atoms with Crippen LogP contribution in [-0.4, -0.2) is 60.4 Å². The van der Waals surface area contributed by atoms with Gasteiger partial charge >= 0.3 is 0 Å². The maximum absolute atomic E-state index is 13.2. The molecule has 0 saturated carbocycles. The van der Waals surface area contributed by atoms with Crippen LogP contribution in [0, 0.1) is 5.92 Å². The molecule has 0 aromatic carbocycles. The number of Topliss-reactive ketones (excluding diaryl/α,β-unsaturated/α-hetero) is 1. The molecule has 2 aromatic rings. The molecule has 3 heterocycles. The molecule has 26 heavy (non-hydrogen) atoms. The van der Waals surface area contributed by atoms with Crippen LogP contribution in [0.2, 0.25) is 0 Å². The van der Waals surface area contributed by atoms with Crippen LogP contribution in [0.15, 0.2) is 23.1 Å².